The number of hydrogen-bond acceptors (Lipinski definition) is 5. The molecule has 174 valence electrons. The van der Waals surface area contributed by atoms with Crippen LogP contribution in [0.4, 0.5) is 0 Å². The van der Waals surface area contributed by atoms with E-state index >= 15 is 0 Å². The number of fused-ring (bicyclic) bond motifs is 1. The van der Waals surface area contributed by atoms with Gasteiger partial charge in [0, 0.05) is 39.0 Å². The summed E-state index contributed by atoms with van der Waals surface area (Å²) in [5.74, 6) is 2.04. The fraction of sp³-hybridized carbons (Fsp3) is 0.500. The van der Waals surface area contributed by atoms with Crippen molar-refractivity contribution in [3.05, 3.63) is 69.4 Å². The second-order valence-corrected chi connectivity index (χ2v) is 9.40. The summed E-state index contributed by atoms with van der Waals surface area (Å²) in [5.41, 5.74) is 2.77. The number of ether oxygens (including phenoxy) is 1. The molecule has 1 fully saturated rings. The first-order chi connectivity index (χ1) is 16.1. The number of benzene rings is 1. The van der Waals surface area contributed by atoms with Gasteiger partial charge < -0.3 is 14.6 Å². The molecule has 1 saturated heterocycles. The summed E-state index contributed by atoms with van der Waals surface area (Å²) >= 11 is 0. The van der Waals surface area contributed by atoms with E-state index in [1.54, 1.807) is 7.11 Å². The lowest BCUT2D eigenvalue weighted by atomic mass is 10.0. The third-order valence-electron chi connectivity index (χ3n) is 7.17. The van der Waals surface area contributed by atoms with Crippen molar-refractivity contribution in [2.45, 2.75) is 57.7 Å². The number of likely N-dealkylation sites (tertiary alicyclic amines) is 1. The summed E-state index contributed by atoms with van der Waals surface area (Å²) in [6, 6.07) is 7.94. The highest BCUT2D eigenvalue weighted by Crippen LogP contribution is 2.32. The molecular weight excluding hydrogens is 416 g/mol. The number of H-pyrrole nitrogens is 1. The van der Waals surface area contributed by atoms with E-state index in [2.05, 4.69) is 34.2 Å². The van der Waals surface area contributed by atoms with Crippen LogP contribution in [-0.4, -0.2) is 45.9 Å². The van der Waals surface area contributed by atoms with E-state index in [1.807, 2.05) is 17.0 Å². The molecule has 0 bridgehead atoms. The molecule has 7 heteroatoms. The minimum atomic E-state index is -0.113. The van der Waals surface area contributed by atoms with E-state index in [9.17, 15) is 9.59 Å². The molecule has 0 saturated carbocycles. The molecule has 5 rings (SSSR count). The van der Waals surface area contributed by atoms with Gasteiger partial charge in [-0.3, -0.25) is 14.5 Å². The van der Waals surface area contributed by atoms with Crippen LogP contribution in [0.15, 0.2) is 41.2 Å². The maximum atomic E-state index is 13.0. The van der Waals surface area contributed by atoms with Gasteiger partial charge in [0.2, 0.25) is 5.91 Å². The first kappa shape index (κ1) is 21.9. The van der Waals surface area contributed by atoms with Crippen molar-refractivity contribution in [3.8, 4) is 5.75 Å². The van der Waals surface area contributed by atoms with E-state index in [0.29, 0.717) is 24.7 Å². The van der Waals surface area contributed by atoms with Crippen molar-refractivity contribution < 1.29 is 9.53 Å². The van der Waals surface area contributed by atoms with Crippen molar-refractivity contribution in [2.75, 3.05) is 20.2 Å². The summed E-state index contributed by atoms with van der Waals surface area (Å²) in [7, 11) is 1.66. The number of carbonyl (C=O) groups excluding carboxylic acids is 1. The zero-order valence-electron chi connectivity index (χ0n) is 19.3. The standard InChI is InChI=1S/C26H32N4O3/c1-33-20-10-8-19(9-11-20)16-29-14-12-22-21(17-29)26(32)28-25(27-22)23-7-4-13-30(23)24(31)15-18-5-2-3-6-18/h2,5,8-11,18,23H,3-4,6-7,12-17H2,1H3,(H,27,28,32)/t18-,23-/m0/s1. The highest BCUT2D eigenvalue weighted by Gasteiger charge is 2.33. The van der Waals surface area contributed by atoms with E-state index in [-0.39, 0.29) is 17.5 Å². The number of allylic oxidation sites excluding steroid dienone is 2. The first-order valence-corrected chi connectivity index (χ1v) is 12.0. The molecule has 1 N–H and O–H groups in total. The molecule has 1 amide bonds. The van der Waals surface area contributed by atoms with Gasteiger partial charge in [0.05, 0.1) is 24.4 Å². The number of hydrogen-bond donors (Lipinski definition) is 1. The van der Waals surface area contributed by atoms with Crippen LogP contribution in [0, 0.1) is 5.92 Å². The van der Waals surface area contributed by atoms with Crippen LogP contribution in [0.3, 0.4) is 0 Å². The Kier molecular flexibility index (Phi) is 6.31. The fourth-order valence-electron chi connectivity index (χ4n) is 5.34. The molecule has 2 aromatic rings. The van der Waals surface area contributed by atoms with Crippen LogP contribution in [0.25, 0.3) is 0 Å². The van der Waals surface area contributed by atoms with Crippen molar-refractivity contribution in [3.63, 3.8) is 0 Å². The molecule has 7 nitrogen and oxygen atoms in total. The number of nitrogens with zero attached hydrogens (tertiary/aromatic N) is 3. The third kappa shape index (κ3) is 4.74. The van der Waals surface area contributed by atoms with Crippen molar-refractivity contribution in [1.82, 2.24) is 19.8 Å². The average molecular weight is 449 g/mol. The third-order valence-corrected chi connectivity index (χ3v) is 7.17. The largest absolute Gasteiger partial charge is 0.497 e. The number of nitrogens with one attached hydrogen (secondary N) is 1. The van der Waals surface area contributed by atoms with Gasteiger partial charge >= 0.3 is 0 Å². The number of methoxy groups -OCH3 is 1. The van der Waals surface area contributed by atoms with Crippen LogP contribution in [0.5, 0.6) is 5.75 Å². The van der Waals surface area contributed by atoms with Crippen LogP contribution in [0.1, 0.15) is 60.8 Å². The summed E-state index contributed by atoms with van der Waals surface area (Å²) in [6.07, 6.45) is 9.57. The lowest BCUT2D eigenvalue weighted by Gasteiger charge is -2.29. The van der Waals surface area contributed by atoms with E-state index in [1.165, 1.54) is 5.56 Å². The highest BCUT2D eigenvalue weighted by molar-refractivity contribution is 5.77. The average Bonchev–Trinajstić information content (AvgIpc) is 3.52. The Labute approximate surface area is 194 Å². The molecule has 0 unspecified atom stereocenters. The number of amides is 1. The maximum absolute atomic E-state index is 13.0. The Hall–Kier alpha value is -2.93. The number of aromatic nitrogens is 2. The maximum Gasteiger partial charge on any atom is 0.255 e. The Morgan fingerprint density at radius 2 is 2.06 bits per heavy atom. The molecule has 1 aliphatic carbocycles. The lowest BCUT2D eigenvalue weighted by Crippen LogP contribution is -2.38. The summed E-state index contributed by atoms with van der Waals surface area (Å²) in [4.78, 5) is 38.1. The van der Waals surface area contributed by atoms with Crippen LogP contribution < -0.4 is 10.3 Å². The fourth-order valence-corrected chi connectivity index (χ4v) is 5.34. The van der Waals surface area contributed by atoms with Gasteiger partial charge in [-0.25, -0.2) is 4.98 Å². The zero-order chi connectivity index (χ0) is 22.8. The van der Waals surface area contributed by atoms with E-state index in [4.69, 9.17) is 9.72 Å². The van der Waals surface area contributed by atoms with Gasteiger partial charge in [-0.1, -0.05) is 24.3 Å². The van der Waals surface area contributed by atoms with Crippen molar-refractivity contribution >= 4 is 5.91 Å². The second kappa shape index (κ2) is 9.51. The monoisotopic (exact) mass is 448 g/mol. The van der Waals surface area contributed by atoms with Crippen molar-refractivity contribution in [2.24, 2.45) is 5.92 Å². The Balaban J connectivity index is 1.29. The van der Waals surface area contributed by atoms with Gasteiger partial charge in [-0.2, -0.15) is 0 Å². The molecular formula is C26H32N4O3. The van der Waals surface area contributed by atoms with Gasteiger partial charge in [-0.15, -0.1) is 0 Å². The quantitative estimate of drug-likeness (QED) is 0.686. The Morgan fingerprint density at radius 1 is 1.21 bits per heavy atom. The summed E-state index contributed by atoms with van der Waals surface area (Å²) < 4.78 is 5.24. The zero-order valence-corrected chi connectivity index (χ0v) is 19.3. The minimum Gasteiger partial charge on any atom is -0.497 e. The molecule has 2 aliphatic heterocycles. The molecule has 3 aliphatic rings. The van der Waals surface area contributed by atoms with E-state index < -0.39 is 0 Å². The number of carbonyl (C=O) groups is 1. The highest BCUT2D eigenvalue weighted by atomic mass is 16.5. The van der Waals surface area contributed by atoms with E-state index in [0.717, 1.165) is 68.7 Å². The molecule has 33 heavy (non-hydrogen) atoms. The van der Waals surface area contributed by atoms with Crippen LogP contribution >= 0.6 is 0 Å². The Morgan fingerprint density at radius 3 is 2.82 bits per heavy atom. The molecule has 3 heterocycles. The molecule has 1 aromatic carbocycles. The lowest BCUT2D eigenvalue weighted by molar-refractivity contribution is -0.133. The van der Waals surface area contributed by atoms with Gasteiger partial charge in [0.15, 0.2) is 0 Å². The molecule has 2 atom stereocenters. The molecule has 0 spiro atoms. The van der Waals surface area contributed by atoms with Crippen LogP contribution in [-0.2, 0) is 24.3 Å². The van der Waals surface area contributed by atoms with Crippen molar-refractivity contribution in [1.29, 1.82) is 0 Å². The SMILES string of the molecule is COc1ccc(CN2CCc3nc([C@@H]4CCCN4C(=O)C[C@H]4C=CCC4)[nH]c(=O)c3C2)cc1. The van der Waals surface area contributed by atoms with Crippen LogP contribution in [0.2, 0.25) is 0 Å². The Bertz CT molecular complexity index is 1090. The van der Waals surface area contributed by atoms with Gasteiger partial charge in [-0.05, 0) is 49.3 Å². The first-order valence-electron chi connectivity index (χ1n) is 12.0. The second-order valence-electron chi connectivity index (χ2n) is 9.40. The predicted molar refractivity (Wildman–Crippen MR) is 126 cm³/mol. The topological polar surface area (TPSA) is 78.5 Å². The van der Waals surface area contributed by atoms with Gasteiger partial charge in [0.1, 0.15) is 11.6 Å². The predicted octanol–water partition coefficient (Wildman–Crippen LogP) is 3.36. The molecule has 1 aromatic heterocycles. The summed E-state index contributed by atoms with van der Waals surface area (Å²) in [5, 5.41) is 0. The number of aromatic amines is 1. The summed E-state index contributed by atoms with van der Waals surface area (Å²) in [6.45, 7) is 2.98. The minimum absolute atomic E-state index is 0.0625. The normalized spacial score (nSPS) is 22.5. The van der Waals surface area contributed by atoms with Gasteiger partial charge in [0.25, 0.3) is 5.56 Å². The number of rotatable bonds is 6. The smallest absolute Gasteiger partial charge is 0.255 e. The molecule has 0 radical (unpaired) electrons.